The third-order valence-corrected chi connectivity index (χ3v) is 5.24. The van der Waals surface area contributed by atoms with E-state index in [1.54, 1.807) is 0 Å². The van der Waals surface area contributed by atoms with Crippen molar-refractivity contribution in [2.75, 3.05) is 18.6 Å². The molecule has 1 aliphatic heterocycles. The average molecular weight is 249 g/mol. The lowest BCUT2D eigenvalue weighted by Gasteiger charge is -2.21. The van der Waals surface area contributed by atoms with Crippen molar-refractivity contribution in [3.63, 3.8) is 0 Å². The fourth-order valence-electron chi connectivity index (χ4n) is 2.15. The van der Waals surface area contributed by atoms with Crippen LogP contribution in [0.5, 0.6) is 0 Å². The molecule has 1 aromatic carbocycles. The summed E-state index contributed by atoms with van der Waals surface area (Å²) in [5, 5.41) is 0. The normalized spacial score (nSPS) is 22.1. The highest BCUT2D eigenvalue weighted by Crippen LogP contribution is 2.23. The summed E-state index contributed by atoms with van der Waals surface area (Å²) in [6, 6.07) is 10.5. The van der Waals surface area contributed by atoms with Gasteiger partial charge in [0.1, 0.15) is 12.0 Å². The Bertz CT molecular complexity index is 354. The molecule has 0 spiro atoms. The van der Waals surface area contributed by atoms with E-state index in [0.29, 0.717) is 16.3 Å². The monoisotopic (exact) mass is 249 g/mol. The zero-order chi connectivity index (χ0) is 12.1. The van der Waals surface area contributed by atoms with Crippen LogP contribution in [0, 0.1) is 0 Å². The topological polar surface area (TPSA) is 9.23 Å². The quantitative estimate of drug-likeness (QED) is 0.742. The van der Waals surface area contributed by atoms with Crippen LogP contribution in [0.15, 0.2) is 36.9 Å². The molecule has 0 N–H and O–H groups in total. The summed E-state index contributed by atoms with van der Waals surface area (Å²) in [4.78, 5) is 0. The molecule has 0 bridgehead atoms. The number of hydrogen-bond donors (Lipinski definition) is 0. The summed E-state index contributed by atoms with van der Waals surface area (Å²) >= 11 is 0. The van der Waals surface area contributed by atoms with Crippen LogP contribution < -0.4 is 0 Å². The molecule has 0 saturated carbocycles. The van der Waals surface area contributed by atoms with Crippen molar-refractivity contribution in [3.8, 4) is 0 Å². The Labute approximate surface area is 107 Å². The molecule has 0 amide bonds. The van der Waals surface area contributed by atoms with Crippen molar-refractivity contribution in [1.29, 1.82) is 0 Å². The van der Waals surface area contributed by atoms with Crippen LogP contribution in [0.2, 0.25) is 0 Å². The fourth-order valence-corrected chi connectivity index (χ4v) is 3.95. The molecule has 0 aromatic heterocycles. The van der Waals surface area contributed by atoms with Crippen LogP contribution in [0.3, 0.4) is 0 Å². The summed E-state index contributed by atoms with van der Waals surface area (Å²) in [7, 11) is 0.291. The van der Waals surface area contributed by atoms with Gasteiger partial charge in [-0.25, -0.2) is 0 Å². The first-order chi connectivity index (χ1) is 8.27. The minimum atomic E-state index is 0.291. The van der Waals surface area contributed by atoms with Gasteiger partial charge in [-0.05, 0) is 18.4 Å². The Kier molecular flexibility index (Phi) is 4.69. The van der Waals surface area contributed by atoms with E-state index >= 15 is 0 Å². The van der Waals surface area contributed by atoms with Gasteiger partial charge in [0.25, 0.3) is 0 Å². The van der Waals surface area contributed by atoms with Crippen molar-refractivity contribution in [2.24, 2.45) is 0 Å². The highest BCUT2D eigenvalue weighted by molar-refractivity contribution is 7.97. The smallest absolute Gasteiger partial charge is 0.218 e. The highest BCUT2D eigenvalue weighted by Gasteiger charge is 2.29. The molecular weight excluding hydrogens is 228 g/mol. The van der Waals surface area contributed by atoms with E-state index in [1.807, 2.05) is 6.07 Å². The lowest BCUT2D eigenvalue weighted by molar-refractivity contribution is 0.0709. The first-order valence-electron chi connectivity index (χ1n) is 6.23. The molecule has 1 saturated heterocycles. The molecule has 1 aliphatic rings. The molecule has 0 radical (unpaired) electrons. The molecule has 1 aromatic rings. The summed E-state index contributed by atoms with van der Waals surface area (Å²) in [5.74, 6) is 1.06. The number of rotatable bonds is 4. The van der Waals surface area contributed by atoms with Crippen molar-refractivity contribution >= 4 is 16.5 Å². The lowest BCUT2D eigenvalue weighted by atomic mass is 10.1. The van der Waals surface area contributed by atoms with Crippen LogP contribution in [0.1, 0.15) is 24.8 Å². The Morgan fingerprint density at radius 1 is 1.35 bits per heavy atom. The minimum Gasteiger partial charge on any atom is -0.334 e. The van der Waals surface area contributed by atoms with E-state index in [1.165, 1.54) is 30.4 Å². The first kappa shape index (κ1) is 12.7. The third-order valence-electron chi connectivity index (χ3n) is 3.17. The van der Waals surface area contributed by atoms with E-state index in [4.69, 9.17) is 4.74 Å². The summed E-state index contributed by atoms with van der Waals surface area (Å²) < 4.78 is 5.85. The van der Waals surface area contributed by atoms with Crippen molar-refractivity contribution in [2.45, 2.75) is 24.7 Å². The SMILES string of the molecule is C=C(C[S+](C)C1CCCCO1)c1ccccc1. The Morgan fingerprint density at radius 2 is 2.12 bits per heavy atom. The molecule has 92 valence electrons. The van der Waals surface area contributed by atoms with Crippen LogP contribution in [0.25, 0.3) is 5.57 Å². The summed E-state index contributed by atoms with van der Waals surface area (Å²) in [6.45, 7) is 5.16. The van der Waals surface area contributed by atoms with Crippen LogP contribution in [-0.2, 0) is 15.6 Å². The van der Waals surface area contributed by atoms with Gasteiger partial charge in [-0.1, -0.05) is 36.9 Å². The van der Waals surface area contributed by atoms with E-state index in [0.717, 1.165) is 12.4 Å². The van der Waals surface area contributed by atoms with Gasteiger partial charge >= 0.3 is 0 Å². The molecular formula is C15H21OS+. The molecule has 0 aliphatic carbocycles. The maximum atomic E-state index is 5.85. The molecule has 1 heterocycles. The second-order valence-corrected chi connectivity index (χ2v) is 6.80. The molecule has 1 fully saturated rings. The average Bonchev–Trinajstić information content (AvgIpc) is 2.40. The maximum Gasteiger partial charge on any atom is 0.218 e. The van der Waals surface area contributed by atoms with Crippen molar-refractivity contribution in [1.82, 2.24) is 0 Å². The Balaban J connectivity index is 1.89. The number of ether oxygens (including phenoxy) is 1. The van der Waals surface area contributed by atoms with Crippen molar-refractivity contribution in [3.05, 3.63) is 42.5 Å². The van der Waals surface area contributed by atoms with E-state index in [-0.39, 0.29) is 0 Å². The van der Waals surface area contributed by atoms with E-state index < -0.39 is 0 Å². The molecule has 2 atom stereocenters. The molecule has 2 heteroatoms. The highest BCUT2D eigenvalue weighted by atomic mass is 32.2. The summed E-state index contributed by atoms with van der Waals surface area (Å²) in [6.07, 6.45) is 6.08. The Hall–Kier alpha value is -0.730. The van der Waals surface area contributed by atoms with Crippen LogP contribution in [-0.4, -0.2) is 24.1 Å². The largest absolute Gasteiger partial charge is 0.334 e. The molecule has 17 heavy (non-hydrogen) atoms. The van der Waals surface area contributed by atoms with Gasteiger partial charge in [0.15, 0.2) is 0 Å². The standard InChI is InChI=1S/C15H21OS/c1-13(14-8-4-3-5-9-14)12-17(2)15-10-6-7-11-16-15/h3-5,8-9,15H,1,6-7,10-12H2,2H3/q+1. The second kappa shape index (κ2) is 6.27. The van der Waals surface area contributed by atoms with Crippen LogP contribution in [0.4, 0.5) is 0 Å². The minimum absolute atomic E-state index is 0.291. The number of hydrogen-bond acceptors (Lipinski definition) is 1. The second-order valence-electron chi connectivity index (χ2n) is 4.60. The van der Waals surface area contributed by atoms with Crippen molar-refractivity contribution < 1.29 is 4.74 Å². The summed E-state index contributed by atoms with van der Waals surface area (Å²) in [5.41, 5.74) is 2.97. The van der Waals surface area contributed by atoms with Crippen LogP contribution >= 0.6 is 0 Å². The van der Waals surface area contributed by atoms with Gasteiger partial charge in [-0.15, -0.1) is 0 Å². The zero-order valence-corrected chi connectivity index (χ0v) is 11.3. The van der Waals surface area contributed by atoms with E-state index in [9.17, 15) is 0 Å². The van der Waals surface area contributed by atoms with E-state index in [2.05, 4.69) is 37.1 Å². The predicted octanol–water partition coefficient (Wildman–Crippen LogP) is 3.47. The molecule has 2 rings (SSSR count). The predicted molar refractivity (Wildman–Crippen MR) is 77.2 cm³/mol. The number of benzene rings is 1. The van der Waals surface area contributed by atoms with Gasteiger partial charge in [0.2, 0.25) is 5.44 Å². The zero-order valence-electron chi connectivity index (χ0n) is 10.5. The van der Waals surface area contributed by atoms with Gasteiger partial charge in [-0.3, -0.25) is 0 Å². The third kappa shape index (κ3) is 3.62. The Morgan fingerprint density at radius 3 is 2.76 bits per heavy atom. The van der Waals surface area contributed by atoms with Gasteiger partial charge in [-0.2, -0.15) is 0 Å². The lowest BCUT2D eigenvalue weighted by Crippen LogP contribution is -2.29. The first-order valence-corrected chi connectivity index (χ1v) is 8.10. The maximum absolute atomic E-state index is 5.85. The van der Waals surface area contributed by atoms with Gasteiger partial charge < -0.3 is 4.74 Å². The fraction of sp³-hybridized carbons (Fsp3) is 0.467. The molecule has 1 nitrogen and oxygen atoms in total. The van der Waals surface area contributed by atoms with Gasteiger partial charge in [0, 0.05) is 22.9 Å². The van der Waals surface area contributed by atoms with Gasteiger partial charge in [0.05, 0.1) is 6.61 Å². The molecule has 2 unspecified atom stereocenters.